The van der Waals surface area contributed by atoms with Gasteiger partial charge in [-0.3, -0.25) is 4.79 Å². The van der Waals surface area contributed by atoms with E-state index in [4.69, 9.17) is 5.26 Å². The zero-order chi connectivity index (χ0) is 16.8. The van der Waals surface area contributed by atoms with Crippen molar-refractivity contribution in [1.29, 1.82) is 5.26 Å². The predicted octanol–water partition coefficient (Wildman–Crippen LogP) is 1.85. The average molecular weight is 325 g/mol. The zero-order valence-corrected chi connectivity index (χ0v) is 13.8. The number of piperidine rings is 1. The molecule has 0 spiro atoms. The summed E-state index contributed by atoms with van der Waals surface area (Å²) in [5.74, 6) is 1.05. The number of nitrogens with zero attached hydrogens (tertiary/aromatic N) is 3. The molecule has 6 heteroatoms. The van der Waals surface area contributed by atoms with Crippen LogP contribution < -0.4 is 5.32 Å². The van der Waals surface area contributed by atoms with Crippen molar-refractivity contribution in [2.24, 2.45) is 5.92 Å². The van der Waals surface area contributed by atoms with Crippen molar-refractivity contribution in [3.8, 4) is 6.07 Å². The van der Waals surface area contributed by atoms with Crippen LogP contribution in [0.4, 0.5) is 0 Å². The molecular weight excluding hydrogens is 302 g/mol. The summed E-state index contributed by atoms with van der Waals surface area (Å²) >= 11 is 0. The van der Waals surface area contributed by atoms with Gasteiger partial charge in [-0.1, -0.05) is 12.1 Å². The number of hydrogen-bond donors (Lipinski definition) is 2. The molecule has 1 atom stereocenters. The van der Waals surface area contributed by atoms with E-state index in [9.17, 15) is 4.79 Å². The highest BCUT2D eigenvalue weighted by Gasteiger charge is 2.25. The molecule has 1 aromatic carbocycles. The third-order valence-corrected chi connectivity index (χ3v) is 4.52. The van der Waals surface area contributed by atoms with Crippen LogP contribution in [0.2, 0.25) is 0 Å². The third kappa shape index (κ3) is 4.12. The number of likely N-dealkylation sites (tertiary alicyclic amines) is 1. The third-order valence-electron chi connectivity index (χ3n) is 4.52. The van der Waals surface area contributed by atoms with Gasteiger partial charge in [0.25, 0.3) is 0 Å². The van der Waals surface area contributed by atoms with Crippen LogP contribution in [0.25, 0.3) is 11.0 Å². The highest BCUT2D eigenvalue weighted by molar-refractivity contribution is 5.79. The van der Waals surface area contributed by atoms with Crippen molar-refractivity contribution >= 4 is 16.9 Å². The van der Waals surface area contributed by atoms with Gasteiger partial charge in [0.15, 0.2) is 0 Å². The highest BCUT2D eigenvalue weighted by Crippen LogP contribution is 2.17. The van der Waals surface area contributed by atoms with Gasteiger partial charge in [-0.15, -0.1) is 0 Å². The van der Waals surface area contributed by atoms with E-state index in [0.717, 1.165) is 49.3 Å². The number of H-pyrrole nitrogens is 1. The van der Waals surface area contributed by atoms with Crippen LogP contribution in [-0.4, -0.2) is 47.0 Å². The van der Waals surface area contributed by atoms with Gasteiger partial charge >= 0.3 is 0 Å². The van der Waals surface area contributed by atoms with Gasteiger partial charge in [0.2, 0.25) is 5.91 Å². The minimum absolute atomic E-state index is 0.0353. The molecule has 1 saturated heterocycles. The molecule has 6 nitrogen and oxygen atoms in total. The van der Waals surface area contributed by atoms with Crippen molar-refractivity contribution < 1.29 is 4.79 Å². The molecule has 2 N–H and O–H groups in total. The lowest BCUT2D eigenvalue weighted by atomic mass is 9.97. The van der Waals surface area contributed by atoms with Crippen LogP contribution in [0.3, 0.4) is 0 Å². The summed E-state index contributed by atoms with van der Waals surface area (Å²) in [7, 11) is 0. The first-order valence-electron chi connectivity index (χ1n) is 8.57. The van der Waals surface area contributed by atoms with Crippen LogP contribution in [0.1, 0.15) is 25.1 Å². The normalized spacial score (nSPS) is 18.4. The molecule has 3 rings (SSSR count). The number of nitrogens with one attached hydrogen (secondary N) is 2. The molecule has 0 radical (unpaired) electrons. The van der Waals surface area contributed by atoms with E-state index >= 15 is 0 Å². The first-order chi connectivity index (χ1) is 11.8. The Hall–Kier alpha value is -2.39. The Bertz CT molecular complexity index is 699. The Labute approximate surface area is 141 Å². The molecule has 1 amide bonds. The Morgan fingerprint density at radius 2 is 2.33 bits per heavy atom. The molecule has 1 fully saturated rings. The summed E-state index contributed by atoms with van der Waals surface area (Å²) in [6.07, 6.45) is 3.18. The van der Waals surface area contributed by atoms with E-state index in [1.807, 2.05) is 24.3 Å². The number of aromatic nitrogens is 2. The summed E-state index contributed by atoms with van der Waals surface area (Å²) < 4.78 is 0. The fraction of sp³-hybridized carbons (Fsp3) is 0.500. The Kier molecular flexibility index (Phi) is 5.44. The highest BCUT2D eigenvalue weighted by atomic mass is 16.1. The lowest BCUT2D eigenvalue weighted by Crippen LogP contribution is -2.43. The standard InChI is InChI=1S/C18H23N5O/c19-9-4-12-23-11-3-5-14(13-23)18(24)20-10-8-17-21-15-6-1-2-7-16(15)22-17/h1-2,6-7,14H,3-5,8,10-13H2,(H,20,24)(H,21,22). The fourth-order valence-electron chi connectivity index (χ4n) is 3.25. The predicted molar refractivity (Wildman–Crippen MR) is 92.2 cm³/mol. The van der Waals surface area contributed by atoms with Crippen molar-refractivity contribution in [2.45, 2.75) is 25.7 Å². The minimum atomic E-state index is 0.0353. The van der Waals surface area contributed by atoms with Crippen molar-refractivity contribution in [2.75, 3.05) is 26.2 Å². The average Bonchev–Trinajstić information content (AvgIpc) is 3.03. The number of nitriles is 1. The molecule has 0 aliphatic carbocycles. The SMILES string of the molecule is N#CCCN1CCCC(C(=O)NCCc2nc3ccccc3[nH]2)C1. The second-order valence-corrected chi connectivity index (χ2v) is 6.29. The number of aromatic amines is 1. The number of benzene rings is 1. The van der Waals surface area contributed by atoms with Crippen molar-refractivity contribution in [3.63, 3.8) is 0 Å². The van der Waals surface area contributed by atoms with Crippen LogP contribution >= 0.6 is 0 Å². The number of rotatable bonds is 6. The van der Waals surface area contributed by atoms with Crippen molar-refractivity contribution in [1.82, 2.24) is 20.2 Å². The molecule has 2 heterocycles. The molecule has 24 heavy (non-hydrogen) atoms. The van der Waals surface area contributed by atoms with Gasteiger partial charge in [-0.05, 0) is 31.5 Å². The monoisotopic (exact) mass is 325 g/mol. The maximum absolute atomic E-state index is 12.3. The Morgan fingerprint density at radius 1 is 1.46 bits per heavy atom. The zero-order valence-electron chi connectivity index (χ0n) is 13.8. The van der Waals surface area contributed by atoms with Crippen LogP contribution in [0, 0.1) is 17.2 Å². The smallest absolute Gasteiger partial charge is 0.224 e. The number of hydrogen-bond acceptors (Lipinski definition) is 4. The van der Waals surface area contributed by atoms with E-state index in [1.165, 1.54) is 0 Å². The lowest BCUT2D eigenvalue weighted by Gasteiger charge is -2.31. The summed E-state index contributed by atoms with van der Waals surface area (Å²) in [5.41, 5.74) is 1.98. The second kappa shape index (κ2) is 7.93. The van der Waals surface area contributed by atoms with Gasteiger partial charge < -0.3 is 15.2 Å². The molecular formula is C18H23N5O. The van der Waals surface area contributed by atoms with Gasteiger partial charge in [0.05, 0.1) is 23.0 Å². The van der Waals surface area contributed by atoms with E-state index in [2.05, 4.69) is 26.3 Å². The molecule has 2 aromatic rings. The lowest BCUT2D eigenvalue weighted by molar-refractivity contribution is -0.126. The Morgan fingerprint density at radius 3 is 3.17 bits per heavy atom. The molecule has 0 bridgehead atoms. The van der Waals surface area contributed by atoms with Crippen LogP contribution in [0.5, 0.6) is 0 Å². The molecule has 1 aromatic heterocycles. The molecule has 126 valence electrons. The first kappa shape index (κ1) is 16.5. The fourth-order valence-corrected chi connectivity index (χ4v) is 3.25. The van der Waals surface area contributed by atoms with Gasteiger partial charge in [0, 0.05) is 32.5 Å². The van der Waals surface area contributed by atoms with Crippen LogP contribution in [-0.2, 0) is 11.2 Å². The molecule has 1 aliphatic heterocycles. The van der Waals surface area contributed by atoms with Gasteiger partial charge in [-0.2, -0.15) is 5.26 Å². The number of carbonyl (C=O) groups is 1. The summed E-state index contributed by atoms with van der Waals surface area (Å²) in [4.78, 5) is 22.4. The summed E-state index contributed by atoms with van der Waals surface area (Å²) in [5, 5.41) is 11.7. The molecule has 1 aliphatic rings. The topological polar surface area (TPSA) is 84.8 Å². The van der Waals surface area contributed by atoms with Gasteiger partial charge in [-0.25, -0.2) is 4.98 Å². The summed E-state index contributed by atoms with van der Waals surface area (Å²) in [6, 6.07) is 10.1. The number of para-hydroxylation sites is 2. The maximum atomic E-state index is 12.3. The van der Waals surface area contributed by atoms with Crippen LogP contribution in [0.15, 0.2) is 24.3 Å². The first-order valence-corrected chi connectivity index (χ1v) is 8.57. The Balaban J connectivity index is 1.45. The van der Waals surface area contributed by atoms with Crippen molar-refractivity contribution in [3.05, 3.63) is 30.1 Å². The number of amides is 1. The van der Waals surface area contributed by atoms with Gasteiger partial charge in [0.1, 0.15) is 5.82 Å². The quantitative estimate of drug-likeness (QED) is 0.849. The largest absolute Gasteiger partial charge is 0.355 e. The summed E-state index contributed by atoms with van der Waals surface area (Å²) in [6.45, 7) is 3.11. The number of carbonyl (C=O) groups excluding carboxylic acids is 1. The van der Waals surface area contributed by atoms with E-state index in [0.29, 0.717) is 19.4 Å². The van der Waals surface area contributed by atoms with E-state index in [1.54, 1.807) is 0 Å². The second-order valence-electron chi connectivity index (χ2n) is 6.29. The molecule has 1 unspecified atom stereocenters. The maximum Gasteiger partial charge on any atom is 0.224 e. The minimum Gasteiger partial charge on any atom is -0.355 e. The number of imidazole rings is 1. The number of fused-ring (bicyclic) bond motifs is 1. The van der Waals surface area contributed by atoms with E-state index in [-0.39, 0.29) is 11.8 Å². The molecule has 0 saturated carbocycles. The van der Waals surface area contributed by atoms with E-state index < -0.39 is 0 Å².